The van der Waals surface area contributed by atoms with Crippen LogP contribution in [0.5, 0.6) is 0 Å². The van der Waals surface area contributed by atoms with E-state index >= 15 is 0 Å². The number of likely N-dealkylation sites (tertiary alicyclic amines) is 1. The average Bonchev–Trinajstić information content (AvgIpc) is 2.92. The molecule has 24 heavy (non-hydrogen) atoms. The summed E-state index contributed by atoms with van der Waals surface area (Å²) < 4.78 is 0. The van der Waals surface area contributed by atoms with E-state index in [0.717, 1.165) is 32.2 Å². The third kappa shape index (κ3) is 4.68. The van der Waals surface area contributed by atoms with Crippen LogP contribution in [0.4, 0.5) is 0 Å². The van der Waals surface area contributed by atoms with Gasteiger partial charge in [0.2, 0.25) is 0 Å². The maximum atomic E-state index is 12.3. The van der Waals surface area contributed by atoms with Crippen molar-refractivity contribution >= 4 is 17.1 Å². The fraction of sp³-hybridized carbons (Fsp3) is 0.750. The van der Waals surface area contributed by atoms with Gasteiger partial charge in [-0.1, -0.05) is 27.7 Å². The van der Waals surface area contributed by atoms with Crippen molar-refractivity contribution in [1.82, 2.24) is 4.90 Å². The molecule has 1 aromatic heterocycles. The molecule has 0 aliphatic carbocycles. The molecule has 2 unspecified atom stereocenters. The molecular formula is C20H33NO2S. The van der Waals surface area contributed by atoms with Gasteiger partial charge in [0, 0.05) is 34.2 Å². The largest absolute Gasteiger partial charge is 0.396 e. The van der Waals surface area contributed by atoms with E-state index in [2.05, 4.69) is 24.8 Å². The third-order valence-corrected chi connectivity index (χ3v) is 6.57. The number of hydrogen-bond acceptors (Lipinski definition) is 4. The van der Waals surface area contributed by atoms with Crippen LogP contribution in [-0.4, -0.2) is 41.5 Å². The normalized spacial score (nSPS) is 22.8. The number of aryl methyl sites for hydroxylation is 1. The van der Waals surface area contributed by atoms with Gasteiger partial charge < -0.3 is 5.11 Å². The van der Waals surface area contributed by atoms with E-state index in [1.54, 1.807) is 0 Å². The van der Waals surface area contributed by atoms with Crippen molar-refractivity contribution in [3.63, 3.8) is 0 Å². The Kier molecular flexibility index (Phi) is 6.63. The van der Waals surface area contributed by atoms with Crippen molar-refractivity contribution in [2.24, 2.45) is 5.41 Å². The second kappa shape index (κ2) is 8.11. The highest BCUT2D eigenvalue weighted by Crippen LogP contribution is 2.37. The second-order valence-electron chi connectivity index (χ2n) is 8.13. The number of ketones is 1. The highest BCUT2D eigenvalue weighted by molar-refractivity contribution is 7.12. The van der Waals surface area contributed by atoms with E-state index in [4.69, 9.17) is 0 Å². The van der Waals surface area contributed by atoms with Crippen molar-refractivity contribution in [1.29, 1.82) is 0 Å². The first-order valence-electron chi connectivity index (χ1n) is 9.26. The standard InChI is InChI=1S/C20H33NO2S/c1-6-16-12-17(18(24-16)8-10-22)15-7-9-21(14(2)11-15)13-19(23)20(3,4)5/h12,14-15,22H,6-11,13H2,1-5H3. The van der Waals surface area contributed by atoms with Gasteiger partial charge in [-0.3, -0.25) is 9.69 Å². The van der Waals surface area contributed by atoms with Gasteiger partial charge >= 0.3 is 0 Å². The van der Waals surface area contributed by atoms with Crippen molar-refractivity contribution < 1.29 is 9.90 Å². The quantitative estimate of drug-likeness (QED) is 0.841. The lowest BCUT2D eigenvalue weighted by Gasteiger charge is -2.38. The maximum Gasteiger partial charge on any atom is 0.152 e. The Balaban J connectivity index is 2.05. The third-order valence-electron chi connectivity index (χ3n) is 5.22. The average molecular weight is 352 g/mol. The molecule has 1 aliphatic heterocycles. The van der Waals surface area contributed by atoms with Gasteiger partial charge in [0.1, 0.15) is 0 Å². The van der Waals surface area contributed by atoms with Crippen molar-refractivity contribution in [2.75, 3.05) is 19.7 Å². The SMILES string of the molecule is CCc1cc(C2CCN(CC(=O)C(C)(C)C)C(C)C2)c(CCO)s1. The topological polar surface area (TPSA) is 40.5 Å². The molecule has 0 amide bonds. The molecule has 2 rings (SSSR count). The summed E-state index contributed by atoms with van der Waals surface area (Å²) in [7, 11) is 0. The first-order valence-corrected chi connectivity index (χ1v) is 10.1. The number of Topliss-reactive ketones (excluding diaryl/α,β-unsaturated/α-hetero) is 1. The molecule has 1 aromatic rings. The monoisotopic (exact) mass is 351 g/mol. The molecule has 136 valence electrons. The summed E-state index contributed by atoms with van der Waals surface area (Å²) in [5, 5.41) is 9.35. The Morgan fingerprint density at radius 1 is 1.42 bits per heavy atom. The summed E-state index contributed by atoms with van der Waals surface area (Å²) in [6.07, 6.45) is 4.06. The molecular weight excluding hydrogens is 318 g/mol. The van der Waals surface area contributed by atoms with Gasteiger partial charge in [0.15, 0.2) is 5.78 Å². The van der Waals surface area contributed by atoms with Gasteiger partial charge in [-0.05, 0) is 50.3 Å². The van der Waals surface area contributed by atoms with E-state index in [1.807, 2.05) is 32.1 Å². The Morgan fingerprint density at radius 3 is 2.67 bits per heavy atom. The number of carbonyl (C=O) groups is 1. The number of aliphatic hydroxyl groups is 1. The molecule has 4 heteroatoms. The van der Waals surface area contributed by atoms with Crippen LogP contribution in [0.15, 0.2) is 6.07 Å². The molecule has 1 N–H and O–H groups in total. The Labute approximate surface area is 151 Å². The highest BCUT2D eigenvalue weighted by Gasteiger charge is 2.31. The molecule has 1 saturated heterocycles. The predicted octanol–water partition coefficient (Wildman–Crippen LogP) is 4.03. The molecule has 0 radical (unpaired) electrons. The van der Waals surface area contributed by atoms with E-state index < -0.39 is 0 Å². The number of aliphatic hydroxyl groups excluding tert-OH is 1. The molecule has 1 fully saturated rings. The first-order chi connectivity index (χ1) is 11.3. The molecule has 1 aliphatic rings. The minimum absolute atomic E-state index is 0.227. The van der Waals surface area contributed by atoms with E-state index in [1.165, 1.54) is 15.3 Å². The molecule has 2 heterocycles. The lowest BCUT2D eigenvalue weighted by Crippen LogP contribution is -2.45. The Morgan fingerprint density at radius 2 is 2.12 bits per heavy atom. The molecule has 2 atom stereocenters. The van der Waals surface area contributed by atoms with Gasteiger partial charge in [-0.25, -0.2) is 0 Å². The van der Waals surface area contributed by atoms with Gasteiger partial charge in [0.25, 0.3) is 0 Å². The van der Waals surface area contributed by atoms with Crippen LogP contribution in [0.2, 0.25) is 0 Å². The van der Waals surface area contributed by atoms with Crippen LogP contribution >= 0.6 is 11.3 Å². The smallest absolute Gasteiger partial charge is 0.152 e. The fourth-order valence-electron chi connectivity index (χ4n) is 3.48. The lowest BCUT2D eigenvalue weighted by atomic mass is 9.84. The van der Waals surface area contributed by atoms with Crippen LogP contribution in [0.3, 0.4) is 0 Å². The molecule has 3 nitrogen and oxygen atoms in total. The lowest BCUT2D eigenvalue weighted by molar-refractivity contribution is -0.128. The summed E-state index contributed by atoms with van der Waals surface area (Å²) in [6.45, 7) is 12.3. The summed E-state index contributed by atoms with van der Waals surface area (Å²) in [4.78, 5) is 17.5. The van der Waals surface area contributed by atoms with Crippen LogP contribution in [0.25, 0.3) is 0 Å². The van der Waals surface area contributed by atoms with Crippen LogP contribution in [0.1, 0.15) is 68.7 Å². The summed E-state index contributed by atoms with van der Waals surface area (Å²) in [5.74, 6) is 0.900. The number of hydrogen-bond donors (Lipinski definition) is 1. The highest BCUT2D eigenvalue weighted by atomic mass is 32.1. The number of nitrogens with zero attached hydrogens (tertiary/aromatic N) is 1. The predicted molar refractivity (Wildman–Crippen MR) is 102 cm³/mol. The first kappa shape index (κ1) is 19.6. The maximum absolute atomic E-state index is 12.3. The summed E-state index contributed by atoms with van der Waals surface area (Å²) >= 11 is 1.87. The summed E-state index contributed by atoms with van der Waals surface area (Å²) in [6, 6.07) is 2.80. The van der Waals surface area contributed by atoms with Crippen molar-refractivity contribution in [3.8, 4) is 0 Å². The molecule has 0 saturated carbocycles. The van der Waals surface area contributed by atoms with Crippen LogP contribution in [0, 0.1) is 5.41 Å². The van der Waals surface area contributed by atoms with E-state index in [9.17, 15) is 9.90 Å². The summed E-state index contributed by atoms with van der Waals surface area (Å²) in [5.41, 5.74) is 1.20. The van der Waals surface area contributed by atoms with Gasteiger partial charge in [-0.2, -0.15) is 0 Å². The minimum Gasteiger partial charge on any atom is -0.396 e. The van der Waals surface area contributed by atoms with Crippen LogP contribution in [-0.2, 0) is 17.6 Å². The Hall–Kier alpha value is -0.710. The number of carbonyl (C=O) groups excluding carboxylic acids is 1. The molecule has 0 bridgehead atoms. The number of piperidine rings is 1. The van der Waals surface area contributed by atoms with Crippen LogP contribution < -0.4 is 0 Å². The minimum atomic E-state index is -0.256. The zero-order valence-electron chi connectivity index (χ0n) is 15.9. The van der Waals surface area contributed by atoms with Gasteiger partial charge in [0.05, 0.1) is 6.54 Å². The Bertz CT molecular complexity index is 558. The number of thiophene rings is 1. The second-order valence-corrected chi connectivity index (χ2v) is 9.35. The molecule has 0 aromatic carbocycles. The van der Waals surface area contributed by atoms with Crippen molar-refractivity contribution in [3.05, 3.63) is 21.4 Å². The van der Waals surface area contributed by atoms with Gasteiger partial charge in [-0.15, -0.1) is 11.3 Å². The van der Waals surface area contributed by atoms with Crippen molar-refractivity contribution in [2.45, 2.75) is 72.3 Å². The number of rotatable bonds is 6. The zero-order valence-corrected chi connectivity index (χ0v) is 16.7. The molecule has 0 spiro atoms. The van der Waals surface area contributed by atoms with E-state index in [0.29, 0.717) is 24.3 Å². The zero-order chi connectivity index (χ0) is 17.9. The van der Waals surface area contributed by atoms with E-state index in [-0.39, 0.29) is 12.0 Å². The fourth-order valence-corrected chi connectivity index (χ4v) is 4.66.